The monoisotopic (exact) mass is 229 g/mol. The smallest absolute Gasteiger partial charge is 0.193 e. The zero-order valence-electron chi connectivity index (χ0n) is 10.2. The first-order valence-corrected chi connectivity index (χ1v) is 5.52. The highest BCUT2D eigenvalue weighted by Crippen LogP contribution is 2.18. The molecular formula is C14H15NO2. The van der Waals surface area contributed by atoms with Crippen LogP contribution in [0.1, 0.15) is 29.9 Å². The number of fused-ring (bicyclic) bond motifs is 1. The third-order valence-corrected chi connectivity index (χ3v) is 2.65. The van der Waals surface area contributed by atoms with Crippen molar-refractivity contribution >= 4 is 16.7 Å². The van der Waals surface area contributed by atoms with Crippen LogP contribution in [-0.4, -0.2) is 21.5 Å². The lowest BCUT2D eigenvalue weighted by Crippen LogP contribution is -2.31. The molecule has 88 valence electrons. The van der Waals surface area contributed by atoms with Gasteiger partial charge in [0.15, 0.2) is 5.78 Å². The quantitative estimate of drug-likeness (QED) is 0.805. The van der Waals surface area contributed by atoms with Gasteiger partial charge in [0.1, 0.15) is 5.60 Å². The number of carbonyl (C=O) groups excluding carboxylic acids is 1. The molecule has 0 aliphatic carbocycles. The standard InChI is InChI=1S/C14H15NO2/c1-9-4-5-10-8-11(6-7-12(10)15-9)13(16)14(2,3)17/h4-8,17H,1-3H3. The van der Waals surface area contributed by atoms with Crippen molar-refractivity contribution in [2.45, 2.75) is 26.4 Å². The highest BCUT2D eigenvalue weighted by atomic mass is 16.3. The summed E-state index contributed by atoms with van der Waals surface area (Å²) in [6.07, 6.45) is 0. The topological polar surface area (TPSA) is 50.2 Å². The number of nitrogens with zero attached hydrogens (tertiary/aromatic N) is 1. The van der Waals surface area contributed by atoms with Crippen LogP contribution in [0.3, 0.4) is 0 Å². The second kappa shape index (κ2) is 3.93. The van der Waals surface area contributed by atoms with Gasteiger partial charge < -0.3 is 5.11 Å². The van der Waals surface area contributed by atoms with Crippen LogP contribution in [-0.2, 0) is 0 Å². The molecule has 0 radical (unpaired) electrons. The lowest BCUT2D eigenvalue weighted by Gasteiger charge is -2.15. The molecule has 0 spiro atoms. The molecule has 0 saturated heterocycles. The zero-order chi connectivity index (χ0) is 12.6. The number of aromatic nitrogens is 1. The van der Waals surface area contributed by atoms with Crippen LogP contribution < -0.4 is 0 Å². The number of ketones is 1. The van der Waals surface area contributed by atoms with E-state index in [9.17, 15) is 9.90 Å². The second-order valence-electron chi connectivity index (χ2n) is 4.75. The number of aryl methyl sites for hydroxylation is 1. The van der Waals surface area contributed by atoms with Gasteiger partial charge in [0, 0.05) is 16.6 Å². The molecular weight excluding hydrogens is 214 g/mol. The number of pyridine rings is 1. The Morgan fingerprint density at radius 1 is 1.24 bits per heavy atom. The van der Waals surface area contributed by atoms with Gasteiger partial charge in [-0.25, -0.2) is 0 Å². The molecule has 2 rings (SSSR count). The van der Waals surface area contributed by atoms with Crippen molar-refractivity contribution in [2.24, 2.45) is 0 Å². The summed E-state index contributed by atoms with van der Waals surface area (Å²) in [5.41, 5.74) is 0.971. The Kier molecular flexibility index (Phi) is 2.71. The minimum absolute atomic E-state index is 0.278. The van der Waals surface area contributed by atoms with Gasteiger partial charge in [-0.15, -0.1) is 0 Å². The molecule has 1 heterocycles. The fourth-order valence-corrected chi connectivity index (χ4v) is 1.72. The molecule has 2 aromatic rings. The Bertz CT molecular complexity index is 582. The van der Waals surface area contributed by atoms with Gasteiger partial charge in [-0.2, -0.15) is 0 Å². The summed E-state index contributed by atoms with van der Waals surface area (Å²) in [6.45, 7) is 4.91. The number of hydrogen-bond donors (Lipinski definition) is 1. The van der Waals surface area contributed by atoms with Crippen molar-refractivity contribution in [3.05, 3.63) is 41.6 Å². The Labute approximate surface area is 100 Å². The number of Topliss-reactive ketones (excluding diaryl/α,β-unsaturated/α-hetero) is 1. The van der Waals surface area contributed by atoms with E-state index in [2.05, 4.69) is 4.98 Å². The van der Waals surface area contributed by atoms with E-state index in [1.807, 2.05) is 19.1 Å². The maximum Gasteiger partial charge on any atom is 0.193 e. The molecule has 0 fully saturated rings. The van der Waals surface area contributed by atoms with Gasteiger partial charge in [0.25, 0.3) is 0 Å². The summed E-state index contributed by atoms with van der Waals surface area (Å²) in [5, 5.41) is 10.6. The van der Waals surface area contributed by atoms with Gasteiger partial charge >= 0.3 is 0 Å². The van der Waals surface area contributed by atoms with E-state index in [0.29, 0.717) is 5.56 Å². The van der Waals surface area contributed by atoms with E-state index in [-0.39, 0.29) is 5.78 Å². The van der Waals surface area contributed by atoms with Crippen molar-refractivity contribution in [1.82, 2.24) is 4.98 Å². The number of aliphatic hydroxyl groups is 1. The molecule has 1 aromatic carbocycles. The van der Waals surface area contributed by atoms with E-state index < -0.39 is 5.60 Å². The lowest BCUT2D eigenvalue weighted by atomic mass is 9.96. The average Bonchev–Trinajstić information content (AvgIpc) is 2.26. The van der Waals surface area contributed by atoms with Crippen LogP contribution in [0, 0.1) is 6.92 Å². The van der Waals surface area contributed by atoms with Gasteiger partial charge in [-0.05, 0) is 45.0 Å². The first-order chi connectivity index (χ1) is 7.88. The normalized spacial score (nSPS) is 11.8. The highest BCUT2D eigenvalue weighted by Gasteiger charge is 2.25. The lowest BCUT2D eigenvalue weighted by molar-refractivity contribution is 0.0488. The van der Waals surface area contributed by atoms with E-state index >= 15 is 0 Å². The van der Waals surface area contributed by atoms with Gasteiger partial charge in [-0.3, -0.25) is 9.78 Å². The Hall–Kier alpha value is -1.74. The van der Waals surface area contributed by atoms with Crippen LogP contribution in [0.5, 0.6) is 0 Å². The van der Waals surface area contributed by atoms with Crippen LogP contribution in [0.4, 0.5) is 0 Å². The molecule has 0 bridgehead atoms. The van der Waals surface area contributed by atoms with Gasteiger partial charge in [0.05, 0.1) is 5.52 Å². The molecule has 3 heteroatoms. The van der Waals surface area contributed by atoms with Crippen molar-refractivity contribution < 1.29 is 9.90 Å². The largest absolute Gasteiger partial charge is 0.382 e. The third kappa shape index (κ3) is 2.34. The summed E-state index contributed by atoms with van der Waals surface area (Å²) in [7, 11) is 0. The zero-order valence-corrected chi connectivity index (χ0v) is 10.2. The molecule has 0 unspecified atom stereocenters. The van der Waals surface area contributed by atoms with Crippen LogP contribution >= 0.6 is 0 Å². The van der Waals surface area contributed by atoms with Gasteiger partial charge in [-0.1, -0.05) is 6.07 Å². The van der Waals surface area contributed by atoms with Gasteiger partial charge in [0.2, 0.25) is 0 Å². The molecule has 0 aliphatic rings. The Balaban J connectivity index is 2.52. The SMILES string of the molecule is Cc1ccc2cc(C(=O)C(C)(C)O)ccc2n1. The Morgan fingerprint density at radius 3 is 2.59 bits per heavy atom. The molecule has 1 aromatic heterocycles. The third-order valence-electron chi connectivity index (χ3n) is 2.65. The van der Waals surface area contributed by atoms with Crippen molar-refractivity contribution in [3.8, 4) is 0 Å². The molecule has 1 N–H and O–H groups in total. The predicted octanol–water partition coefficient (Wildman–Crippen LogP) is 2.50. The first kappa shape index (κ1) is 11.7. The highest BCUT2D eigenvalue weighted by molar-refractivity contribution is 6.04. The average molecular weight is 229 g/mol. The Morgan fingerprint density at radius 2 is 1.94 bits per heavy atom. The van der Waals surface area contributed by atoms with Crippen molar-refractivity contribution in [1.29, 1.82) is 0 Å². The molecule has 0 amide bonds. The van der Waals surface area contributed by atoms with E-state index in [1.165, 1.54) is 13.8 Å². The van der Waals surface area contributed by atoms with E-state index in [0.717, 1.165) is 16.6 Å². The second-order valence-corrected chi connectivity index (χ2v) is 4.75. The molecule has 0 saturated carbocycles. The van der Waals surface area contributed by atoms with Crippen LogP contribution in [0.15, 0.2) is 30.3 Å². The van der Waals surface area contributed by atoms with Crippen LogP contribution in [0.25, 0.3) is 10.9 Å². The molecule has 0 aliphatic heterocycles. The molecule has 17 heavy (non-hydrogen) atoms. The first-order valence-electron chi connectivity index (χ1n) is 5.52. The minimum atomic E-state index is -1.34. The number of hydrogen-bond acceptors (Lipinski definition) is 3. The summed E-state index contributed by atoms with van der Waals surface area (Å²) >= 11 is 0. The maximum atomic E-state index is 11.9. The minimum Gasteiger partial charge on any atom is -0.382 e. The van der Waals surface area contributed by atoms with E-state index in [1.54, 1.807) is 18.2 Å². The van der Waals surface area contributed by atoms with Crippen molar-refractivity contribution in [3.63, 3.8) is 0 Å². The van der Waals surface area contributed by atoms with Crippen molar-refractivity contribution in [2.75, 3.05) is 0 Å². The maximum absolute atomic E-state index is 11.9. The molecule has 0 atom stereocenters. The summed E-state index contributed by atoms with van der Waals surface area (Å²) in [6, 6.07) is 9.11. The fraction of sp³-hybridized carbons (Fsp3) is 0.286. The number of rotatable bonds is 2. The van der Waals surface area contributed by atoms with E-state index in [4.69, 9.17) is 0 Å². The number of carbonyl (C=O) groups is 1. The summed E-state index contributed by atoms with van der Waals surface area (Å²) in [5.74, 6) is -0.278. The summed E-state index contributed by atoms with van der Waals surface area (Å²) < 4.78 is 0. The fourth-order valence-electron chi connectivity index (χ4n) is 1.72. The molecule has 3 nitrogen and oxygen atoms in total. The summed E-state index contributed by atoms with van der Waals surface area (Å²) in [4.78, 5) is 16.3. The number of benzene rings is 1. The van der Waals surface area contributed by atoms with Crippen LogP contribution in [0.2, 0.25) is 0 Å². The predicted molar refractivity (Wildman–Crippen MR) is 67.1 cm³/mol.